The van der Waals surface area contributed by atoms with Crippen molar-refractivity contribution in [3.8, 4) is 11.5 Å². The molecule has 4 rings (SSSR count). The van der Waals surface area contributed by atoms with E-state index in [-0.39, 0.29) is 0 Å². The minimum Gasteiger partial charge on any atom is -0.497 e. The number of benzene rings is 1. The standard InChI is InChI=1S/C19H16ClN5O3/c1-27-14-4-2-3-12(5-14)10-25-11-15(8-23-25)28-19(26)24-17-9-22-18-16(17)6-13(20)7-21-18/h2-9,11H,10H2,1H3,(H,21,22)(H,24,26). The van der Waals surface area contributed by atoms with E-state index in [4.69, 9.17) is 21.1 Å². The molecular formula is C19H16ClN5O3. The summed E-state index contributed by atoms with van der Waals surface area (Å²) in [6, 6.07) is 9.38. The predicted octanol–water partition coefficient (Wildman–Crippen LogP) is 4.08. The summed E-state index contributed by atoms with van der Waals surface area (Å²) in [7, 11) is 1.62. The van der Waals surface area contributed by atoms with Crippen LogP contribution in [-0.4, -0.2) is 33.0 Å². The summed E-state index contributed by atoms with van der Waals surface area (Å²) in [6.45, 7) is 0.523. The number of amides is 1. The Morgan fingerprint density at radius 2 is 2.18 bits per heavy atom. The number of fused-ring (bicyclic) bond motifs is 1. The van der Waals surface area contributed by atoms with Crippen LogP contribution in [0, 0.1) is 0 Å². The molecule has 0 atom stereocenters. The fourth-order valence-corrected chi connectivity index (χ4v) is 2.92. The number of hydrogen-bond acceptors (Lipinski definition) is 5. The molecule has 3 aromatic heterocycles. The Balaban J connectivity index is 1.41. The first-order chi connectivity index (χ1) is 13.6. The zero-order chi connectivity index (χ0) is 19.5. The fraction of sp³-hybridized carbons (Fsp3) is 0.105. The van der Waals surface area contributed by atoms with Crippen LogP contribution in [0.5, 0.6) is 11.5 Å². The van der Waals surface area contributed by atoms with Crippen LogP contribution in [0.1, 0.15) is 5.56 Å². The summed E-state index contributed by atoms with van der Waals surface area (Å²) >= 11 is 5.96. The van der Waals surface area contributed by atoms with E-state index in [0.717, 1.165) is 11.3 Å². The van der Waals surface area contributed by atoms with Crippen molar-refractivity contribution < 1.29 is 14.3 Å². The Hall–Kier alpha value is -3.52. The highest BCUT2D eigenvalue weighted by Gasteiger charge is 2.12. The number of methoxy groups -OCH3 is 1. The van der Waals surface area contributed by atoms with Gasteiger partial charge in [-0.05, 0) is 23.8 Å². The predicted molar refractivity (Wildman–Crippen MR) is 105 cm³/mol. The average Bonchev–Trinajstić information content (AvgIpc) is 3.28. The maximum atomic E-state index is 12.2. The Morgan fingerprint density at radius 1 is 1.29 bits per heavy atom. The molecule has 0 aliphatic rings. The van der Waals surface area contributed by atoms with Crippen molar-refractivity contribution in [2.45, 2.75) is 6.54 Å². The molecule has 28 heavy (non-hydrogen) atoms. The van der Waals surface area contributed by atoms with Crippen molar-refractivity contribution >= 4 is 34.4 Å². The van der Waals surface area contributed by atoms with Crippen LogP contribution in [0.15, 0.2) is 55.1 Å². The lowest BCUT2D eigenvalue weighted by molar-refractivity contribution is 0.215. The second-order valence-electron chi connectivity index (χ2n) is 5.99. The maximum Gasteiger partial charge on any atom is 0.417 e. The van der Waals surface area contributed by atoms with Gasteiger partial charge in [-0.1, -0.05) is 23.7 Å². The third-order valence-electron chi connectivity index (χ3n) is 4.03. The second-order valence-corrected chi connectivity index (χ2v) is 6.43. The second kappa shape index (κ2) is 7.61. The first kappa shape index (κ1) is 17.9. The number of ether oxygens (including phenoxy) is 2. The summed E-state index contributed by atoms with van der Waals surface area (Å²) in [6.07, 6.45) is 5.64. The highest BCUT2D eigenvalue weighted by atomic mass is 35.5. The van der Waals surface area contributed by atoms with Crippen molar-refractivity contribution in [2.24, 2.45) is 0 Å². The molecule has 0 fully saturated rings. The Morgan fingerprint density at radius 3 is 3.04 bits per heavy atom. The lowest BCUT2D eigenvalue weighted by Gasteiger charge is -2.05. The normalized spacial score (nSPS) is 10.8. The van der Waals surface area contributed by atoms with E-state index in [1.165, 1.54) is 12.4 Å². The molecule has 1 aromatic carbocycles. The van der Waals surface area contributed by atoms with Crippen LogP contribution in [0.25, 0.3) is 11.0 Å². The quantitative estimate of drug-likeness (QED) is 0.529. The van der Waals surface area contributed by atoms with Gasteiger partial charge >= 0.3 is 6.09 Å². The molecule has 2 N–H and O–H groups in total. The molecule has 4 aromatic rings. The summed E-state index contributed by atoms with van der Waals surface area (Å²) in [4.78, 5) is 19.3. The van der Waals surface area contributed by atoms with Gasteiger partial charge in [0.05, 0.1) is 36.8 Å². The molecule has 0 radical (unpaired) electrons. The third-order valence-corrected chi connectivity index (χ3v) is 4.24. The van der Waals surface area contributed by atoms with Gasteiger partial charge in [-0.15, -0.1) is 0 Å². The van der Waals surface area contributed by atoms with Crippen molar-refractivity contribution in [3.63, 3.8) is 0 Å². The van der Waals surface area contributed by atoms with Crippen LogP contribution in [0.3, 0.4) is 0 Å². The number of carbonyl (C=O) groups excluding carboxylic acids is 1. The first-order valence-corrected chi connectivity index (χ1v) is 8.75. The lowest BCUT2D eigenvalue weighted by Crippen LogP contribution is -2.16. The molecule has 9 heteroatoms. The van der Waals surface area contributed by atoms with Gasteiger partial charge in [-0.25, -0.2) is 9.78 Å². The number of nitrogens with zero attached hydrogens (tertiary/aromatic N) is 3. The van der Waals surface area contributed by atoms with Gasteiger partial charge in [-0.2, -0.15) is 5.10 Å². The van der Waals surface area contributed by atoms with E-state index in [9.17, 15) is 4.79 Å². The van der Waals surface area contributed by atoms with Crippen LogP contribution in [0.4, 0.5) is 10.5 Å². The van der Waals surface area contributed by atoms with Crippen LogP contribution >= 0.6 is 11.6 Å². The molecule has 0 unspecified atom stereocenters. The summed E-state index contributed by atoms with van der Waals surface area (Å²) < 4.78 is 12.2. The zero-order valence-electron chi connectivity index (χ0n) is 14.8. The van der Waals surface area contributed by atoms with Gasteiger partial charge in [0.15, 0.2) is 5.75 Å². The number of aromatic amines is 1. The number of carbonyl (C=O) groups is 1. The van der Waals surface area contributed by atoms with Crippen LogP contribution < -0.4 is 14.8 Å². The molecular weight excluding hydrogens is 382 g/mol. The SMILES string of the molecule is COc1cccc(Cn2cc(OC(=O)Nc3c[nH]c4ncc(Cl)cc34)cn2)c1. The number of pyridine rings is 1. The molecule has 0 bridgehead atoms. The summed E-state index contributed by atoms with van der Waals surface area (Å²) in [5.74, 6) is 1.10. The monoisotopic (exact) mass is 397 g/mol. The molecule has 0 spiro atoms. The third kappa shape index (κ3) is 3.91. The van der Waals surface area contributed by atoms with Crippen molar-refractivity contribution in [2.75, 3.05) is 12.4 Å². The first-order valence-electron chi connectivity index (χ1n) is 8.37. The van der Waals surface area contributed by atoms with E-state index in [1.54, 1.807) is 30.3 Å². The number of anilines is 1. The molecule has 8 nitrogen and oxygen atoms in total. The highest BCUT2D eigenvalue weighted by molar-refractivity contribution is 6.31. The number of hydrogen-bond donors (Lipinski definition) is 2. The fourth-order valence-electron chi connectivity index (χ4n) is 2.77. The van der Waals surface area contributed by atoms with Crippen molar-refractivity contribution in [1.82, 2.24) is 19.7 Å². The van der Waals surface area contributed by atoms with Gasteiger partial charge in [0.25, 0.3) is 0 Å². The highest BCUT2D eigenvalue weighted by Crippen LogP contribution is 2.24. The van der Waals surface area contributed by atoms with Gasteiger partial charge in [0, 0.05) is 17.8 Å². The zero-order valence-corrected chi connectivity index (χ0v) is 15.6. The Kier molecular flexibility index (Phi) is 4.86. The summed E-state index contributed by atoms with van der Waals surface area (Å²) in [5.41, 5.74) is 2.16. The smallest absolute Gasteiger partial charge is 0.417 e. The van der Waals surface area contributed by atoms with Gasteiger partial charge in [0.1, 0.15) is 11.4 Å². The van der Waals surface area contributed by atoms with E-state index in [2.05, 4.69) is 20.4 Å². The van der Waals surface area contributed by atoms with E-state index < -0.39 is 6.09 Å². The lowest BCUT2D eigenvalue weighted by atomic mass is 10.2. The van der Waals surface area contributed by atoms with Gasteiger partial charge in [0.2, 0.25) is 0 Å². The molecule has 3 heterocycles. The number of aromatic nitrogens is 4. The van der Waals surface area contributed by atoms with Crippen LogP contribution in [0.2, 0.25) is 5.02 Å². The molecule has 1 amide bonds. The van der Waals surface area contributed by atoms with Gasteiger partial charge < -0.3 is 14.5 Å². The topological polar surface area (TPSA) is 94.1 Å². The molecule has 0 aliphatic heterocycles. The molecule has 0 saturated carbocycles. The minimum atomic E-state index is -0.637. The van der Waals surface area contributed by atoms with E-state index in [0.29, 0.717) is 34.0 Å². The van der Waals surface area contributed by atoms with Crippen molar-refractivity contribution in [3.05, 3.63) is 65.7 Å². The number of rotatable bonds is 5. The molecule has 0 saturated heterocycles. The van der Waals surface area contributed by atoms with Crippen LogP contribution in [-0.2, 0) is 6.54 Å². The summed E-state index contributed by atoms with van der Waals surface area (Å²) in [5, 5.41) is 8.05. The maximum absolute atomic E-state index is 12.2. The Bertz CT molecular complexity index is 1140. The van der Waals surface area contributed by atoms with Crippen molar-refractivity contribution in [1.29, 1.82) is 0 Å². The average molecular weight is 398 g/mol. The van der Waals surface area contributed by atoms with E-state index in [1.807, 2.05) is 24.3 Å². The molecule has 0 aliphatic carbocycles. The Labute approximate surface area is 165 Å². The van der Waals surface area contributed by atoms with Gasteiger partial charge in [-0.3, -0.25) is 10.00 Å². The largest absolute Gasteiger partial charge is 0.497 e. The minimum absolute atomic E-state index is 0.330. The number of halogens is 1. The van der Waals surface area contributed by atoms with E-state index >= 15 is 0 Å². The number of nitrogens with one attached hydrogen (secondary N) is 2. The molecule has 142 valence electrons. The number of H-pyrrole nitrogens is 1.